The number of carboxylic acid groups (broad SMARTS) is 1. The molecule has 0 unspecified atom stereocenters. The molecule has 0 saturated heterocycles. The maximum absolute atomic E-state index is 8.78. The minimum absolute atomic E-state index is 0.920. The van der Waals surface area contributed by atoms with Crippen LogP contribution in [0.2, 0.25) is 5.02 Å². The molecule has 0 aliphatic rings. The second-order valence-electron chi connectivity index (χ2n) is 3.54. The molecule has 3 nitrogen and oxygen atoms in total. The highest BCUT2D eigenvalue weighted by Gasteiger charge is 1.98. The van der Waals surface area contributed by atoms with Crippen LogP contribution in [0.15, 0.2) is 18.2 Å². The van der Waals surface area contributed by atoms with E-state index in [1.54, 1.807) is 0 Å². The first kappa shape index (κ1) is 14.8. The minimum atomic E-state index is -1.33. The third-order valence-electron chi connectivity index (χ3n) is 2.01. The number of hydrogen-bond acceptors (Lipinski definition) is 1. The molecule has 4 heteroatoms. The number of amides is 1. The Kier molecular flexibility index (Phi) is 7.38. The van der Waals surface area contributed by atoms with E-state index in [9.17, 15) is 0 Å². The number of benzene rings is 1. The second kappa shape index (κ2) is 7.99. The van der Waals surface area contributed by atoms with Gasteiger partial charge in [0.05, 0.1) is 0 Å². The molecular weight excluding hydrogens is 226 g/mol. The SMILES string of the molecule is CCCCc1ccc(C)cc1Cl.NC(=O)O. The molecule has 0 bridgehead atoms. The van der Waals surface area contributed by atoms with Gasteiger partial charge in [0.2, 0.25) is 0 Å². The molecule has 0 saturated carbocycles. The predicted molar refractivity (Wildman–Crippen MR) is 67.0 cm³/mol. The average molecular weight is 244 g/mol. The van der Waals surface area contributed by atoms with Crippen LogP contribution >= 0.6 is 11.6 Å². The van der Waals surface area contributed by atoms with Gasteiger partial charge in [0.25, 0.3) is 0 Å². The molecule has 0 spiro atoms. The zero-order valence-corrected chi connectivity index (χ0v) is 10.4. The van der Waals surface area contributed by atoms with Crippen molar-refractivity contribution in [3.8, 4) is 0 Å². The fraction of sp³-hybridized carbons (Fsp3) is 0.417. The summed E-state index contributed by atoms with van der Waals surface area (Å²) in [7, 11) is 0. The van der Waals surface area contributed by atoms with Gasteiger partial charge in [0.1, 0.15) is 0 Å². The van der Waals surface area contributed by atoms with Crippen LogP contribution < -0.4 is 5.73 Å². The Balaban J connectivity index is 0.000000487. The van der Waals surface area contributed by atoms with Crippen molar-refractivity contribution in [3.05, 3.63) is 34.3 Å². The molecule has 16 heavy (non-hydrogen) atoms. The zero-order valence-electron chi connectivity index (χ0n) is 9.66. The molecule has 0 aromatic heterocycles. The van der Waals surface area contributed by atoms with Gasteiger partial charge in [-0.3, -0.25) is 0 Å². The van der Waals surface area contributed by atoms with Gasteiger partial charge >= 0.3 is 6.09 Å². The lowest BCUT2D eigenvalue weighted by molar-refractivity contribution is 0.205. The maximum Gasteiger partial charge on any atom is 0.402 e. The molecule has 0 heterocycles. The summed E-state index contributed by atoms with van der Waals surface area (Å²) < 4.78 is 0. The van der Waals surface area contributed by atoms with Crippen LogP contribution in [-0.2, 0) is 6.42 Å². The molecule has 1 aromatic carbocycles. The number of hydrogen-bond donors (Lipinski definition) is 2. The van der Waals surface area contributed by atoms with Gasteiger partial charge in [-0.05, 0) is 37.0 Å². The summed E-state index contributed by atoms with van der Waals surface area (Å²) in [5.41, 5.74) is 6.55. The first-order chi connectivity index (χ1) is 7.47. The van der Waals surface area contributed by atoms with Crippen LogP contribution in [0.1, 0.15) is 30.9 Å². The Morgan fingerprint density at radius 1 is 1.50 bits per heavy atom. The van der Waals surface area contributed by atoms with Gasteiger partial charge in [0.15, 0.2) is 0 Å². The molecule has 0 aliphatic carbocycles. The molecule has 90 valence electrons. The van der Waals surface area contributed by atoms with Crippen LogP contribution in [0.25, 0.3) is 0 Å². The number of carbonyl (C=O) groups is 1. The van der Waals surface area contributed by atoms with Gasteiger partial charge in [-0.2, -0.15) is 0 Å². The molecule has 1 amide bonds. The number of aryl methyl sites for hydroxylation is 2. The summed E-state index contributed by atoms with van der Waals surface area (Å²) >= 11 is 6.07. The quantitative estimate of drug-likeness (QED) is 0.852. The molecule has 3 N–H and O–H groups in total. The summed E-state index contributed by atoms with van der Waals surface area (Å²) in [4.78, 5) is 8.78. The Labute approximate surface area is 101 Å². The van der Waals surface area contributed by atoms with E-state index in [2.05, 4.69) is 31.7 Å². The van der Waals surface area contributed by atoms with Crippen LogP contribution in [0.4, 0.5) is 4.79 Å². The van der Waals surface area contributed by atoms with Crippen LogP contribution in [-0.4, -0.2) is 11.2 Å². The van der Waals surface area contributed by atoms with E-state index in [0.717, 1.165) is 11.4 Å². The van der Waals surface area contributed by atoms with E-state index in [1.165, 1.54) is 24.0 Å². The number of nitrogens with two attached hydrogens (primary N) is 1. The van der Waals surface area contributed by atoms with E-state index in [4.69, 9.17) is 21.5 Å². The number of rotatable bonds is 3. The highest BCUT2D eigenvalue weighted by Crippen LogP contribution is 2.19. The second-order valence-corrected chi connectivity index (χ2v) is 3.94. The fourth-order valence-electron chi connectivity index (χ4n) is 1.22. The first-order valence-electron chi connectivity index (χ1n) is 5.20. The van der Waals surface area contributed by atoms with Crippen molar-refractivity contribution in [1.29, 1.82) is 0 Å². The summed E-state index contributed by atoms with van der Waals surface area (Å²) in [6.45, 7) is 4.26. The molecule has 1 rings (SSSR count). The van der Waals surface area contributed by atoms with Gasteiger partial charge in [0, 0.05) is 5.02 Å². The lowest BCUT2D eigenvalue weighted by atomic mass is 10.1. The summed E-state index contributed by atoms with van der Waals surface area (Å²) in [6.07, 6.45) is 2.22. The smallest absolute Gasteiger partial charge is 0.402 e. The minimum Gasteiger partial charge on any atom is -0.465 e. The third-order valence-corrected chi connectivity index (χ3v) is 2.36. The van der Waals surface area contributed by atoms with Crippen molar-refractivity contribution in [2.24, 2.45) is 5.73 Å². The Bertz CT molecular complexity index is 336. The largest absolute Gasteiger partial charge is 0.465 e. The van der Waals surface area contributed by atoms with Crippen molar-refractivity contribution >= 4 is 17.7 Å². The standard InChI is InChI=1S/C11H15Cl.CH3NO2/c1-3-4-5-10-7-6-9(2)8-11(10)12;2-1(3)4/h6-8H,3-5H2,1-2H3;2H2,(H,3,4). The van der Waals surface area contributed by atoms with Crippen molar-refractivity contribution in [3.63, 3.8) is 0 Å². The number of primary amides is 1. The lowest BCUT2D eigenvalue weighted by Crippen LogP contribution is -2.03. The van der Waals surface area contributed by atoms with Crippen LogP contribution in [0.5, 0.6) is 0 Å². The predicted octanol–water partition coefficient (Wildman–Crippen LogP) is 3.61. The molecule has 0 fully saturated rings. The van der Waals surface area contributed by atoms with E-state index < -0.39 is 6.09 Å². The van der Waals surface area contributed by atoms with Crippen molar-refractivity contribution < 1.29 is 9.90 Å². The van der Waals surface area contributed by atoms with E-state index in [1.807, 2.05) is 6.07 Å². The molecular formula is C12H18ClNO2. The summed E-state index contributed by atoms with van der Waals surface area (Å²) in [5, 5.41) is 8.11. The van der Waals surface area contributed by atoms with Crippen molar-refractivity contribution in [1.82, 2.24) is 0 Å². The zero-order chi connectivity index (χ0) is 12.6. The monoisotopic (exact) mass is 243 g/mol. The topological polar surface area (TPSA) is 63.3 Å². The van der Waals surface area contributed by atoms with Gasteiger partial charge in [-0.25, -0.2) is 4.79 Å². The van der Waals surface area contributed by atoms with Gasteiger partial charge < -0.3 is 10.8 Å². The van der Waals surface area contributed by atoms with E-state index >= 15 is 0 Å². The van der Waals surface area contributed by atoms with Crippen LogP contribution in [0, 0.1) is 6.92 Å². The van der Waals surface area contributed by atoms with Gasteiger partial charge in [-0.1, -0.05) is 37.1 Å². The molecule has 1 aromatic rings. The Morgan fingerprint density at radius 3 is 2.50 bits per heavy atom. The first-order valence-corrected chi connectivity index (χ1v) is 5.58. The van der Waals surface area contributed by atoms with E-state index in [-0.39, 0.29) is 0 Å². The fourth-order valence-corrected chi connectivity index (χ4v) is 1.55. The Morgan fingerprint density at radius 2 is 2.06 bits per heavy atom. The normalized spacial score (nSPS) is 9.19. The highest BCUT2D eigenvalue weighted by molar-refractivity contribution is 6.31. The van der Waals surface area contributed by atoms with E-state index in [0.29, 0.717) is 0 Å². The van der Waals surface area contributed by atoms with Gasteiger partial charge in [-0.15, -0.1) is 0 Å². The Hall–Kier alpha value is -1.22. The third kappa shape index (κ3) is 7.12. The highest BCUT2D eigenvalue weighted by atomic mass is 35.5. The van der Waals surface area contributed by atoms with Crippen molar-refractivity contribution in [2.45, 2.75) is 33.1 Å². The molecule has 0 atom stereocenters. The molecule has 0 aliphatic heterocycles. The summed E-state index contributed by atoms with van der Waals surface area (Å²) in [6, 6.07) is 6.29. The summed E-state index contributed by atoms with van der Waals surface area (Å²) in [5.74, 6) is 0. The molecule has 0 radical (unpaired) electrons. The maximum atomic E-state index is 8.78. The lowest BCUT2D eigenvalue weighted by Gasteiger charge is -2.03. The number of halogens is 1. The van der Waals surface area contributed by atoms with Crippen molar-refractivity contribution in [2.75, 3.05) is 0 Å². The van der Waals surface area contributed by atoms with Crippen LogP contribution in [0.3, 0.4) is 0 Å². The average Bonchev–Trinajstić information content (AvgIpc) is 2.15. The number of unbranched alkanes of at least 4 members (excludes halogenated alkanes) is 1.